The smallest absolute Gasteiger partial charge is 0.331 e. The van der Waals surface area contributed by atoms with E-state index in [1.54, 1.807) is 31.4 Å². The van der Waals surface area contributed by atoms with Crippen molar-refractivity contribution in [2.24, 2.45) is 5.92 Å². The molecule has 0 amide bonds. The molecule has 0 atom stereocenters. The van der Waals surface area contributed by atoms with Gasteiger partial charge in [0.1, 0.15) is 30.1 Å². The van der Waals surface area contributed by atoms with Gasteiger partial charge in [-0.25, -0.2) is 4.79 Å². The predicted molar refractivity (Wildman–Crippen MR) is 108 cm³/mol. The van der Waals surface area contributed by atoms with Crippen molar-refractivity contribution in [2.75, 3.05) is 20.8 Å². The molecule has 0 radical (unpaired) electrons. The Morgan fingerprint density at radius 1 is 1.14 bits per heavy atom. The molecule has 7 heteroatoms. The first kappa shape index (κ1) is 22.1. The molecule has 1 aromatic heterocycles. The molecule has 7 nitrogen and oxygen atoms in total. The van der Waals surface area contributed by atoms with E-state index in [-0.39, 0.29) is 23.5 Å². The van der Waals surface area contributed by atoms with Crippen LogP contribution in [0.2, 0.25) is 0 Å². The quantitative estimate of drug-likeness (QED) is 0.441. The van der Waals surface area contributed by atoms with Crippen LogP contribution in [0, 0.1) is 5.92 Å². The van der Waals surface area contributed by atoms with Gasteiger partial charge in [-0.15, -0.1) is 0 Å². The Balaban J connectivity index is 1.93. The molecule has 0 N–H and O–H groups in total. The van der Waals surface area contributed by atoms with Crippen LogP contribution in [-0.2, 0) is 16.1 Å². The van der Waals surface area contributed by atoms with Gasteiger partial charge < -0.3 is 23.4 Å². The zero-order valence-corrected chi connectivity index (χ0v) is 17.1. The first-order valence-electron chi connectivity index (χ1n) is 9.24. The summed E-state index contributed by atoms with van der Waals surface area (Å²) in [7, 11) is 3.09. The van der Waals surface area contributed by atoms with E-state index in [0.29, 0.717) is 29.6 Å². The van der Waals surface area contributed by atoms with E-state index in [2.05, 4.69) is 13.8 Å². The van der Waals surface area contributed by atoms with Crippen LogP contribution in [0.1, 0.15) is 31.6 Å². The minimum absolute atomic E-state index is 0.144. The monoisotopic (exact) mass is 402 g/mol. The van der Waals surface area contributed by atoms with E-state index in [4.69, 9.17) is 23.4 Å². The third kappa shape index (κ3) is 7.03. The Morgan fingerprint density at radius 3 is 2.59 bits per heavy atom. The van der Waals surface area contributed by atoms with Crippen molar-refractivity contribution in [1.82, 2.24) is 0 Å². The Morgan fingerprint density at radius 2 is 1.93 bits per heavy atom. The van der Waals surface area contributed by atoms with Gasteiger partial charge >= 0.3 is 5.97 Å². The Kier molecular flexibility index (Phi) is 8.33. The van der Waals surface area contributed by atoms with E-state index < -0.39 is 5.97 Å². The maximum absolute atomic E-state index is 12.0. The highest BCUT2D eigenvalue weighted by Gasteiger charge is 2.08. The number of rotatable bonds is 10. The highest BCUT2D eigenvalue weighted by atomic mass is 16.5. The van der Waals surface area contributed by atoms with Gasteiger partial charge in [-0.3, -0.25) is 4.79 Å². The lowest BCUT2D eigenvalue weighted by Gasteiger charge is -2.08. The van der Waals surface area contributed by atoms with Crippen molar-refractivity contribution in [1.29, 1.82) is 0 Å². The van der Waals surface area contributed by atoms with Crippen molar-refractivity contribution in [2.45, 2.75) is 26.9 Å². The summed E-state index contributed by atoms with van der Waals surface area (Å²) in [6.45, 7) is 4.42. The molecular formula is C22H26O7. The summed E-state index contributed by atoms with van der Waals surface area (Å²) in [5.41, 5.74) is 0.348. The normalized spacial score (nSPS) is 10.9. The number of methoxy groups -OCH3 is 2. The summed E-state index contributed by atoms with van der Waals surface area (Å²) in [6.07, 6.45) is 4.90. The van der Waals surface area contributed by atoms with Crippen LogP contribution in [0.5, 0.6) is 17.2 Å². The fourth-order valence-corrected chi connectivity index (χ4v) is 2.34. The molecule has 29 heavy (non-hydrogen) atoms. The molecule has 0 aliphatic carbocycles. The fraction of sp³-hybridized carbons (Fsp3) is 0.364. The summed E-state index contributed by atoms with van der Waals surface area (Å²) in [6, 6.07) is 6.49. The lowest BCUT2D eigenvalue weighted by atomic mass is 10.1. The van der Waals surface area contributed by atoms with Crippen molar-refractivity contribution < 1.29 is 28.2 Å². The molecule has 0 fully saturated rings. The Labute approximate surface area is 169 Å². The molecule has 0 saturated heterocycles. The number of ether oxygens (including phenoxy) is 4. The topological polar surface area (TPSA) is 84.2 Å². The van der Waals surface area contributed by atoms with Crippen molar-refractivity contribution in [3.8, 4) is 17.2 Å². The molecule has 0 saturated carbocycles. The lowest BCUT2D eigenvalue weighted by Crippen LogP contribution is -2.11. The van der Waals surface area contributed by atoms with Gasteiger partial charge in [0, 0.05) is 17.7 Å². The van der Waals surface area contributed by atoms with Crippen LogP contribution in [0.4, 0.5) is 0 Å². The number of hydrogen-bond acceptors (Lipinski definition) is 7. The van der Waals surface area contributed by atoms with Gasteiger partial charge in [0.05, 0.1) is 20.8 Å². The molecule has 156 valence electrons. The summed E-state index contributed by atoms with van der Waals surface area (Å²) >= 11 is 0. The molecule has 0 bridgehead atoms. The fourth-order valence-electron chi connectivity index (χ4n) is 2.34. The number of hydrogen-bond donors (Lipinski definition) is 0. The van der Waals surface area contributed by atoms with Gasteiger partial charge in [-0.1, -0.05) is 13.8 Å². The van der Waals surface area contributed by atoms with Gasteiger partial charge in [-0.2, -0.15) is 0 Å². The third-order valence-corrected chi connectivity index (χ3v) is 4.00. The lowest BCUT2D eigenvalue weighted by molar-refractivity contribution is -0.139. The van der Waals surface area contributed by atoms with Crippen LogP contribution in [0.3, 0.4) is 0 Å². The SMILES string of the molecule is COc1ccc(OC)c(/C=C/C(=O)OCc2cc(=O)c(OCCC(C)C)co2)c1. The van der Waals surface area contributed by atoms with E-state index in [1.165, 1.54) is 25.5 Å². The van der Waals surface area contributed by atoms with E-state index >= 15 is 0 Å². The summed E-state index contributed by atoms with van der Waals surface area (Å²) in [5, 5.41) is 0. The maximum atomic E-state index is 12.0. The zero-order valence-electron chi connectivity index (χ0n) is 17.1. The number of carbonyl (C=O) groups excluding carboxylic acids is 1. The highest BCUT2D eigenvalue weighted by Crippen LogP contribution is 2.25. The van der Waals surface area contributed by atoms with E-state index in [1.807, 2.05) is 0 Å². The zero-order chi connectivity index (χ0) is 21.2. The molecule has 2 aromatic rings. The molecule has 0 spiro atoms. The first-order chi connectivity index (χ1) is 13.9. The van der Waals surface area contributed by atoms with Crippen LogP contribution in [0.15, 0.2) is 45.8 Å². The van der Waals surface area contributed by atoms with Crippen LogP contribution in [-0.4, -0.2) is 26.8 Å². The Hall–Kier alpha value is -3.22. The molecule has 2 rings (SSSR count). The third-order valence-electron chi connectivity index (χ3n) is 4.00. The highest BCUT2D eigenvalue weighted by molar-refractivity contribution is 5.87. The first-order valence-corrected chi connectivity index (χ1v) is 9.24. The van der Waals surface area contributed by atoms with E-state index in [0.717, 1.165) is 6.42 Å². The van der Waals surface area contributed by atoms with Crippen molar-refractivity contribution in [3.05, 3.63) is 58.2 Å². The van der Waals surface area contributed by atoms with Crippen molar-refractivity contribution >= 4 is 12.0 Å². The predicted octanol–water partition coefficient (Wildman–Crippen LogP) is 3.84. The summed E-state index contributed by atoms with van der Waals surface area (Å²) in [4.78, 5) is 24.0. The minimum Gasteiger partial charge on any atom is -0.497 e. The second-order valence-electron chi connectivity index (χ2n) is 6.65. The average Bonchev–Trinajstić information content (AvgIpc) is 2.71. The van der Waals surface area contributed by atoms with Crippen molar-refractivity contribution in [3.63, 3.8) is 0 Å². The average molecular weight is 402 g/mol. The molecule has 1 heterocycles. The second-order valence-corrected chi connectivity index (χ2v) is 6.65. The maximum Gasteiger partial charge on any atom is 0.331 e. The minimum atomic E-state index is -0.588. The van der Waals surface area contributed by atoms with Crippen LogP contribution < -0.4 is 19.6 Å². The molecule has 1 aromatic carbocycles. The number of benzene rings is 1. The van der Waals surface area contributed by atoms with Gasteiger partial charge in [0.25, 0.3) is 0 Å². The van der Waals surface area contributed by atoms with Gasteiger partial charge in [0.2, 0.25) is 11.2 Å². The summed E-state index contributed by atoms with van der Waals surface area (Å²) in [5.74, 6) is 1.49. The largest absolute Gasteiger partial charge is 0.497 e. The van der Waals surface area contributed by atoms with Gasteiger partial charge in [-0.05, 0) is 36.6 Å². The van der Waals surface area contributed by atoms with Gasteiger partial charge in [0.15, 0.2) is 0 Å². The number of carbonyl (C=O) groups is 1. The summed E-state index contributed by atoms with van der Waals surface area (Å²) < 4.78 is 26.3. The molecule has 0 unspecified atom stereocenters. The molecular weight excluding hydrogens is 376 g/mol. The van der Waals surface area contributed by atoms with Crippen LogP contribution in [0.25, 0.3) is 6.08 Å². The van der Waals surface area contributed by atoms with Crippen LogP contribution >= 0.6 is 0 Å². The van der Waals surface area contributed by atoms with E-state index in [9.17, 15) is 9.59 Å². The number of esters is 1. The Bertz CT molecular complexity index is 896. The second kappa shape index (κ2) is 10.9. The molecule has 0 aliphatic heterocycles. The molecule has 0 aliphatic rings. The standard InChI is InChI=1S/C22H26O7/c1-15(2)9-10-27-21-14-28-18(12-19(21)23)13-29-22(24)8-5-16-11-17(25-3)6-7-20(16)26-4/h5-8,11-12,14-15H,9-10,13H2,1-4H3/b8-5+.